The van der Waals surface area contributed by atoms with E-state index in [1.54, 1.807) is 6.07 Å². The molecular formula is C14H10N2O5. The Labute approximate surface area is 118 Å². The topological polar surface area (TPSA) is 101 Å². The molecule has 0 fully saturated rings. The molecular weight excluding hydrogens is 276 g/mol. The summed E-state index contributed by atoms with van der Waals surface area (Å²) in [6.07, 6.45) is 0. The van der Waals surface area contributed by atoms with Crippen LogP contribution in [0.4, 0.5) is 5.69 Å². The maximum Gasteiger partial charge on any atom is 0.277 e. The molecule has 0 unspecified atom stereocenters. The highest BCUT2D eigenvalue weighted by Crippen LogP contribution is 2.35. The zero-order valence-corrected chi connectivity index (χ0v) is 10.8. The lowest BCUT2D eigenvalue weighted by Gasteiger charge is -2.26. The third kappa shape index (κ3) is 1.78. The van der Waals surface area contributed by atoms with Gasteiger partial charge >= 0.3 is 0 Å². The number of nitro benzene ring substituents is 1. The summed E-state index contributed by atoms with van der Waals surface area (Å²) in [6.45, 7) is -0.444. The Kier molecular flexibility index (Phi) is 2.91. The highest BCUT2D eigenvalue weighted by atomic mass is 16.6. The van der Waals surface area contributed by atoms with Crippen LogP contribution in [-0.4, -0.2) is 39.9 Å². The molecule has 0 saturated carbocycles. The van der Waals surface area contributed by atoms with E-state index in [9.17, 15) is 19.7 Å². The van der Waals surface area contributed by atoms with Crippen LogP contribution in [0.25, 0.3) is 10.8 Å². The molecule has 7 heteroatoms. The molecule has 0 spiro atoms. The van der Waals surface area contributed by atoms with E-state index in [0.29, 0.717) is 5.39 Å². The molecule has 3 rings (SSSR count). The largest absolute Gasteiger partial charge is 0.395 e. The van der Waals surface area contributed by atoms with Crippen LogP contribution < -0.4 is 0 Å². The molecule has 0 aliphatic carbocycles. The number of rotatable bonds is 3. The van der Waals surface area contributed by atoms with Crippen molar-refractivity contribution in [2.45, 2.75) is 0 Å². The minimum absolute atomic E-state index is 0.107. The molecule has 2 aromatic rings. The van der Waals surface area contributed by atoms with Crippen molar-refractivity contribution in [3.63, 3.8) is 0 Å². The van der Waals surface area contributed by atoms with Gasteiger partial charge in [-0.15, -0.1) is 0 Å². The fourth-order valence-electron chi connectivity index (χ4n) is 2.59. The number of amides is 2. The Morgan fingerprint density at radius 3 is 2.38 bits per heavy atom. The molecule has 0 bridgehead atoms. The second kappa shape index (κ2) is 4.64. The molecule has 0 saturated heterocycles. The number of non-ortho nitro benzene ring substituents is 1. The first-order chi connectivity index (χ1) is 10.1. The van der Waals surface area contributed by atoms with Gasteiger partial charge < -0.3 is 5.11 Å². The van der Waals surface area contributed by atoms with Crippen molar-refractivity contribution in [2.24, 2.45) is 0 Å². The molecule has 0 atom stereocenters. The van der Waals surface area contributed by atoms with Crippen LogP contribution in [0.1, 0.15) is 20.7 Å². The van der Waals surface area contributed by atoms with Crippen LogP contribution in [0, 0.1) is 10.1 Å². The van der Waals surface area contributed by atoms with Gasteiger partial charge in [0.2, 0.25) is 0 Å². The summed E-state index contributed by atoms with van der Waals surface area (Å²) in [5.74, 6) is -1.10. The number of aliphatic hydroxyl groups excluding tert-OH is 1. The van der Waals surface area contributed by atoms with Crippen molar-refractivity contribution < 1.29 is 19.6 Å². The van der Waals surface area contributed by atoms with Gasteiger partial charge in [-0.25, -0.2) is 0 Å². The van der Waals surface area contributed by atoms with Gasteiger partial charge in [0, 0.05) is 22.6 Å². The molecule has 2 aromatic carbocycles. The third-order valence-electron chi connectivity index (χ3n) is 3.49. The van der Waals surface area contributed by atoms with E-state index in [-0.39, 0.29) is 35.4 Å². The molecule has 106 valence electrons. The molecule has 1 aliphatic heterocycles. The number of imide groups is 1. The summed E-state index contributed by atoms with van der Waals surface area (Å²) in [5, 5.41) is 20.6. The van der Waals surface area contributed by atoms with Crippen LogP contribution >= 0.6 is 0 Å². The SMILES string of the molecule is O=C1c2cccc3c([N+](=O)[O-])ccc(c23)C(=O)N1CCO. The first-order valence-electron chi connectivity index (χ1n) is 6.23. The second-order valence-electron chi connectivity index (χ2n) is 4.60. The molecule has 21 heavy (non-hydrogen) atoms. The van der Waals surface area contributed by atoms with Crippen molar-refractivity contribution >= 4 is 28.3 Å². The summed E-state index contributed by atoms with van der Waals surface area (Å²) in [6, 6.07) is 7.19. The zero-order valence-electron chi connectivity index (χ0n) is 10.8. The Morgan fingerprint density at radius 1 is 1.10 bits per heavy atom. The number of hydrogen-bond donors (Lipinski definition) is 1. The summed E-state index contributed by atoms with van der Waals surface area (Å²) >= 11 is 0. The molecule has 1 N–H and O–H groups in total. The van der Waals surface area contributed by atoms with Gasteiger partial charge in [-0.3, -0.25) is 24.6 Å². The molecule has 0 aromatic heterocycles. The Hall–Kier alpha value is -2.80. The van der Waals surface area contributed by atoms with Crippen molar-refractivity contribution in [3.8, 4) is 0 Å². The minimum atomic E-state index is -0.548. The van der Waals surface area contributed by atoms with Gasteiger partial charge in [0.25, 0.3) is 17.5 Å². The minimum Gasteiger partial charge on any atom is -0.395 e. The van der Waals surface area contributed by atoms with E-state index in [1.807, 2.05) is 0 Å². The number of benzene rings is 2. The Balaban J connectivity index is 2.36. The van der Waals surface area contributed by atoms with Gasteiger partial charge in [-0.1, -0.05) is 6.07 Å². The van der Waals surface area contributed by atoms with E-state index in [0.717, 1.165) is 4.90 Å². The quantitative estimate of drug-likeness (QED) is 0.521. The maximum absolute atomic E-state index is 12.3. The van der Waals surface area contributed by atoms with Crippen LogP contribution in [0.5, 0.6) is 0 Å². The van der Waals surface area contributed by atoms with Crippen molar-refractivity contribution in [3.05, 3.63) is 51.6 Å². The lowest BCUT2D eigenvalue weighted by molar-refractivity contribution is -0.383. The predicted octanol–water partition coefficient (Wildman–Crippen LogP) is 1.34. The van der Waals surface area contributed by atoms with Gasteiger partial charge in [0.05, 0.1) is 23.5 Å². The van der Waals surface area contributed by atoms with Crippen molar-refractivity contribution in [1.82, 2.24) is 4.90 Å². The molecule has 1 aliphatic rings. The average Bonchev–Trinajstić information content (AvgIpc) is 2.48. The molecule has 1 heterocycles. The average molecular weight is 286 g/mol. The van der Waals surface area contributed by atoms with Crippen LogP contribution in [-0.2, 0) is 0 Å². The number of nitro groups is 1. The molecule has 0 radical (unpaired) electrons. The number of β-amino-alcohol motifs (C(OH)–C–C–N with tert-alkyl or cyclic N) is 1. The van der Waals surface area contributed by atoms with Gasteiger partial charge in [0.15, 0.2) is 0 Å². The van der Waals surface area contributed by atoms with E-state index in [4.69, 9.17) is 5.11 Å². The van der Waals surface area contributed by atoms with E-state index in [2.05, 4.69) is 0 Å². The highest BCUT2D eigenvalue weighted by molar-refractivity contribution is 6.26. The van der Waals surface area contributed by atoms with Crippen molar-refractivity contribution in [1.29, 1.82) is 0 Å². The summed E-state index contributed by atoms with van der Waals surface area (Å²) in [5.41, 5.74) is 0.324. The van der Waals surface area contributed by atoms with Crippen LogP contribution in [0.3, 0.4) is 0 Å². The molecule has 7 nitrogen and oxygen atoms in total. The number of nitrogens with zero attached hydrogens (tertiary/aromatic N) is 2. The predicted molar refractivity (Wildman–Crippen MR) is 73.1 cm³/mol. The fraction of sp³-hybridized carbons (Fsp3) is 0.143. The third-order valence-corrected chi connectivity index (χ3v) is 3.49. The summed E-state index contributed by atoms with van der Waals surface area (Å²) < 4.78 is 0. The Bertz CT molecular complexity index is 777. The lowest BCUT2D eigenvalue weighted by atomic mass is 9.93. The van der Waals surface area contributed by atoms with E-state index < -0.39 is 16.7 Å². The van der Waals surface area contributed by atoms with Gasteiger partial charge in [0.1, 0.15) is 0 Å². The highest BCUT2D eigenvalue weighted by Gasteiger charge is 2.34. The Morgan fingerprint density at radius 2 is 1.76 bits per heavy atom. The summed E-state index contributed by atoms with van der Waals surface area (Å²) in [4.78, 5) is 36.1. The first kappa shape index (κ1) is 13.2. The van der Waals surface area contributed by atoms with Crippen molar-refractivity contribution in [2.75, 3.05) is 13.2 Å². The number of hydrogen-bond acceptors (Lipinski definition) is 5. The normalized spacial score (nSPS) is 13.9. The van der Waals surface area contributed by atoms with Gasteiger partial charge in [-0.05, 0) is 18.2 Å². The van der Waals surface area contributed by atoms with Crippen LogP contribution in [0.15, 0.2) is 30.3 Å². The first-order valence-corrected chi connectivity index (χ1v) is 6.23. The number of carbonyl (C=O) groups is 2. The lowest BCUT2D eigenvalue weighted by Crippen LogP contribution is -2.41. The fourth-order valence-corrected chi connectivity index (χ4v) is 2.59. The van der Waals surface area contributed by atoms with E-state index in [1.165, 1.54) is 24.3 Å². The smallest absolute Gasteiger partial charge is 0.277 e. The zero-order chi connectivity index (χ0) is 15.1. The molecule has 2 amide bonds. The van der Waals surface area contributed by atoms with E-state index >= 15 is 0 Å². The van der Waals surface area contributed by atoms with Gasteiger partial charge in [-0.2, -0.15) is 0 Å². The second-order valence-corrected chi connectivity index (χ2v) is 4.60. The monoisotopic (exact) mass is 286 g/mol. The number of aliphatic hydroxyl groups is 1. The van der Waals surface area contributed by atoms with Crippen LogP contribution in [0.2, 0.25) is 0 Å². The maximum atomic E-state index is 12.3. The standard InChI is InChI=1S/C14H10N2O5/c17-7-6-15-13(18)9-3-1-2-8-11(16(20)21)5-4-10(12(8)9)14(15)19/h1-5,17H,6-7H2. The summed E-state index contributed by atoms with van der Waals surface area (Å²) in [7, 11) is 0. The number of carbonyl (C=O) groups excluding carboxylic acids is 2.